The molecular weight excluding hydrogens is 933 g/mol. The Labute approximate surface area is 277 Å². The highest BCUT2D eigenvalue weighted by atomic mass is 35.5. The minimum Gasteiger partial charge on any atom is -0.274 e. The molecule has 0 unspecified atom stereocenters. The van der Waals surface area contributed by atoms with Crippen molar-refractivity contribution in [2.75, 3.05) is 0 Å². The molecule has 0 saturated carbocycles. The predicted octanol–water partition coefficient (Wildman–Crippen LogP) is 11.5. The maximum Gasteiger partial charge on any atom is 0.460 e. The second-order valence-electron chi connectivity index (χ2n) is 9.96. The third kappa shape index (κ3) is 5.80. The highest BCUT2D eigenvalue weighted by Crippen LogP contribution is 2.70. The molecule has 55 heavy (non-hydrogen) atoms. The van der Waals surface area contributed by atoms with Gasteiger partial charge in [-0.05, 0) is 11.6 Å². The zero-order chi connectivity index (χ0) is 46.1. The zero-order valence-electron chi connectivity index (χ0n) is 23.0. The van der Waals surface area contributed by atoms with Crippen LogP contribution in [0.1, 0.15) is 0 Å². The molecule has 0 amide bonds. The van der Waals surface area contributed by atoms with Crippen LogP contribution >= 0.6 is 11.6 Å². The number of rotatable bonds is 16. The first-order chi connectivity index (χ1) is 22.9. The van der Waals surface area contributed by atoms with Gasteiger partial charge >= 0.3 is 101 Å². The molecule has 0 aliphatic rings. The predicted molar refractivity (Wildman–Crippen MR) is 96.1 cm³/mol. The molecule has 1 nitrogen and oxygen atoms in total. The quantitative estimate of drug-likeness (QED) is 0.111. The normalized spacial score (nSPS) is 17.2. The van der Waals surface area contributed by atoms with Crippen molar-refractivity contribution in [3.63, 3.8) is 0 Å². The van der Waals surface area contributed by atoms with Gasteiger partial charge in [0.15, 0.2) is 0 Å². The molecule has 0 aromatic heterocycles. The third-order valence-electron chi connectivity index (χ3n) is 6.52. The van der Waals surface area contributed by atoms with E-state index in [0.717, 1.165) is 0 Å². The Morgan fingerprint density at radius 3 is 0.436 bits per heavy atom. The molecule has 0 aromatic carbocycles. The Kier molecular flexibility index (Phi) is 11.9. The fraction of sp³-hybridized carbons (Fsp3) is 0.944. The van der Waals surface area contributed by atoms with Gasteiger partial charge in [0.05, 0.1) is 0 Å². The van der Waals surface area contributed by atoms with Gasteiger partial charge in [-0.3, -0.25) is 4.79 Å². The molecular formula is C18ClF35O. The molecule has 0 aromatic rings. The van der Waals surface area contributed by atoms with E-state index in [9.17, 15) is 158 Å². The molecule has 0 heterocycles. The molecule has 0 aliphatic heterocycles. The van der Waals surface area contributed by atoms with Crippen LogP contribution in [0.5, 0.6) is 0 Å². The van der Waals surface area contributed by atoms with Gasteiger partial charge in [-0.1, -0.05) is 0 Å². The molecule has 0 aliphatic carbocycles. The maximum absolute atomic E-state index is 13.8. The molecule has 0 atom stereocenters. The smallest absolute Gasteiger partial charge is 0.274 e. The molecule has 37 heteroatoms. The van der Waals surface area contributed by atoms with E-state index in [1.807, 2.05) is 0 Å². The Bertz CT molecular complexity index is 1440. The number of hydrogen-bond acceptors (Lipinski definition) is 1. The summed E-state index contributed by atoms with van der Waals surface area (Å²) in [6.45, 7) is 0. The summed E-state index contributed by atoms with van der Waals surface area (Å²) in [6.07, 6.45) is -8.44. The Hall–Kier alpha value is -2.49. The zero-order valence-corrected chi connectivity index (χ0v) is 23.8. The Morgan fingerprint density at radius 1 is 0.218 bits per heavy atom. The highest BCUT2D eigenvalue weighted by Gasteiger charge is 3.02. The first-order valence-corrected chi connectivity index (χ1v) is 11.6. The molecule has 0 bridgehead atoms. The van der Waals surface area contributed by atoms with E-state index in [-0.39, 0.29) is 0 Å². The lowest BCUT2D eigenvalue weighted by atomic mass is 9.82. The second kappa shape index (κ2) is 12.5. The van der Waals surface area contributed by atoms with E-state index < -0.39 is 106 Å². The average Bonchev–Trinajstić information content (AvgIpc) is 2.94. The van der Waals surface area contributed by atoms with Crippen molar-refractivity contribution >= 4 is 16.8 Å². The number of carbonyl (C=O) groups excluding carboxylic acids is 1. The van der Waals surface area contributed by atoms with Crippen molar-refractivity contribution in [2.24, 2.45) is 0 Å². The van der Waals surface area contributed by atoms with Crippen LogP contribution in [0.25, 0.3) is 0 Å². The minimum absolute atomic E-state index is 3.55. The van der Waals surface area contributed by atoms with Crippen molar-refractivity contribution in [2.45, 2.75) is 101 Å². The summed E-state index contributed by atoms with van der Waals surface area (Å²) >= 11 is 3.55. The summed E-state index contributed by atoms with van der Waals surface area (Å²) in [5.41, 5.74) is 0. The number of carbonyl (C=O) groups is 1. The van der Waals surface area contributed by atoms with Crippen molar-refractivity contribution in [1.29, 1.82) is 0 Å². The molecule has 0 radical (unpaired) electrons. The standard InChI is InChI=1S/C18ClF35O/c19-1(55)2(20,21)3(22,23)4(24,25)5(26,27)6(28,29)7(30,31)8(32,33)9(34,35)10(36,37)11(38,39)12(40,41)13(42,43)14(44,45)15(46,47)16(48,49)17(50,51)18(52,53)54. The Balaban J connectivity index is 7.83. The fourth-order valence-electron chi connectivity index (χ4n) is 3.06. The van der Waals surface area contributed by atoms with E-state index in [0.29, 0.717) is 0 Å². The second-order valence-corrected chi connectivity index (χ2v) is 10.3. The molecule has 0 saturated heterocycles. The monoisotopic (exact) mass is 932 g/mol. The fourth-order valence-corrected chi connectivity index (χ4v) is 3.18. The van der Waals surface area contributed by atoms with Gasteiger partial charge in [0, 0.05) is 0 Å². The topological polar surface area (TPSA) is 17.1 Å². The lowest BCUT2D eigenvalue weighted by Gasteiger charge is -2.47. The Morgan fingerprint density at radius 2 is 0.327 bits per heavy atom. The van der Waals surface area contributed by atoms with E-state index in [2.05, 4.69) is 11.6 Å². The van der Waals surface area contributed by atoms with Gasteiger partial charge in [-0.2, -0.15) is 154 Å². The minimum atomic E-state index is -10.4. The summed E-state index contributed by atoms with van der Waals surface area (Å²) in [4.78, 5) is 10.2. The first-order valence-electron chi connectivity index (χ1n) is 11.3. The lowest BCUT2D eigenvalue weighted by molar-refractivity contribution is -0.492. The van der Waals surface area contributed by atoms with Crippen LogP contribution in [-0.4, -0.2) is 106 Å². The van der Waals surface area contributed by atoms with Crippen molar-refractivity contribution < 1.29 is 158 Å². The highest BCUT2D eigenvalue weighted by molar-refractivity contribution is 6.65. The van der Waals surface area contributed by atoms with Crippen LogP contribution in [0, 0.1) is 0 Å². The number of halogens is 36. The maximum atomic E-state index is 13.8. The van der Waals surface area contributed by atoms with E-state index in [1.165, 1.54) is 0 Å². The van der Waals surface area contributed by atoms with Crippen LogP contribution < -0.4 is 0 Å². The number of alkyl halides is 35. The summed E-state index contributed by atoms with van der Waals surface area (Å²) in [5.74, 6) is -156. The molecule has 0 spiro atoms. The van der Waals surface area contributed by atoms with E-state index >= 15 is 0 Å². The SMILES string of the molecule is O=C(Cl)C(F)(F)C(F)(F)C(F)(F)C(F)(F)C(F)(F)C(F)(F)C(F)(F)C(F)(F)C(F)(F)C(F)(F)C(F)(F)C(F)(F)C(F)(F)C(F)(F)C(F)(F)C(F)(F)C(F)(F)F. The first kappa shape index (κ1) is 52.5. The molecule has 330 valence electrons. The van der Waals surface area contributed by atoms with E-state index in [1.54, 1.807) is 0 Å². The summed E-state index contributed by atoms with van der Waals surface area (Å²) in [5, 5.41) is -4.40. The average molecular weight is 933 g/mol. The number of hydrogen-bond donors (Lipinski definition) is 0. The van der Waals surface area contributed by atoms with Gasteiger partial charge in [-0.25, -0.2) is 0 Å². The summed E-state index contributed by atoms with van der Waals surface area (Å²) in [7, 11) is 0. The van der Waals surface area contributed by atoms with Crippen LogP contribution in [0.2, 0.25) is 0 Å². The van der Waals surface area contributed by atoms with Crippen molar-refractivity contribution in [1.82, 2.24) is 0 Å². The van der Waals surface area contributed by atoms with Crippen LogP contribution in [0.4, 0.5) is 154 Å². The van der Waals surface area contributed by atoms with Gasteiger partial charge in [-0.15, -0.1) is 0 Å². The summed E-state index contributed by atoms with van der Waals surface area (Å²) < 4.78 is 469. The van der Waals surface area contributed by atoms with E-state index in [4.69, 9.17) is 0 Å². The van der Waals surface area contributed by atoms with Gasteiger partial charge in [0.1, 0.15) is 0 Å². The van der Waals surface area contributed by atoms with Crippen molar-refractivity contribution in [3.8, 4) is 0 Å². The van der Waals surface area contributed by atoms with Crippen LogP contribution in [0.15, 0.2) is 0 Å². The molecule has 0 N–H and O–H groups in total. The third-order valence-corrected chi connectivity index (χ3v) is 6.76. The van der Waals surface area contributed by atoms with Gasteiger partial charge in [0.25, 0.3) is 5.24 Å². The van der Waals surface area contributed by atoms with Crippen LogP contribution in [-0.2, 0) is 4.79 Å². The summed E-state index contributed by atoms with van der Waals surface area (Å²) in [6, 6.07) is 0. The van der Waals surface area contributed by atoms with Gasteiger partial charge in [0.2, 0.25) is 0 Å². The van der Waals surface area contributed by atoms with Crippen LogP contribution in [0.3, 0.4) is 0 Å². The van der Waals surface area contributed by atoms with Gasteiger partial charge < -0.3 is 0 Å². The largest absolute Gasteiger partial charge is 0.460 e. The molecule has 0 rings (SSSR count). The molecule has 0 fully saturated rings. The lowest BCUT2D eigenvalue weighted by Crippen LogP contribution is -2.80. The van der Waals surface area contributed by atoms with Crippen molar-refractivity contribution in [3.05, 3.63) is 0 Å².